The van der Waals surface area contributed by atoms with Crippen molar-refractivity contribution in [1.29, 1.82) is 0 Å². The Kier molecular flexibility index (Phi) is 8.14. The average Bonchev–Trinajstić information content (AvgIpc) is 3.24. The maximum atomic E-state index is 13.1. The lowest BCUT2D eigenvalue weighted by molar-refractivity contribution is 0.0533. The van der Waals surface area contributed by atoms with Crippen LogP contribution in [0.5, 0.6) is 11.5 Å². The molecule has 8 nitrogen and oxygen atoms in total. The zero-order chi connectivity index (χ0) is 27.4. The van der Waals surface area contributed by atoms with E-state index in [9.17, 15) is 9.59 Å². The Morgan fingerprint density at radius 2 is 1.68 bits per heavy atom. The third-order valence-electron chi connectivity index (χ3n) is 5.39. The molecule has 0 bridgehead atoms. The minimum Gasteiger partial charge on any atom is -0.485 e. The van der Waals surface area contributed by atoms with Gasteiger partial charge in [-0.05, 0) is 63.2 Å². The summed E-state index contributed by atoms with van der Waals surface area (Å²) in [5.41, 5.74) is 1.63. The van der Waals surface area contributed by atoms with Gasteiger partial charge in [0.25, 0.3) is 5.91 Å². The van der Waals surface area contributed by atoms with E-state index < -0.39 is 11.7 Å². The molecule has 0 aliphatic heterocycles. The van der Waals surface area contributed by atoms with Gasteiger partial charge in [0, 0.05) is 28.2 Å². The Labute approximate surface area is 230 Å². The van der Waals surface area contributed by atoms with Crippen molar-refractivity contribution in [3.63, 3.8) is 0 Å². The Morgan fingerprint density at radius 1 is 0.947 bits per heavy atom. The van der Waals surface area contributed by atoms with Crippen LogP contribution in [-0.2, 0) is 18.0 Å². The third kappa shape index (κ3) is 6.38. The molecule has 10 heteroatoms. The standard InChI is InChI=1S/C28H27Cl2N3O5/c1-28(2,3)38-27(35)33-22-8-6-5-7-21(22)32-25(33)16-37-23-12-10-17(26(34)31-4)13-24(23)36-15-18-9-11-19(29)14-20(18)30/h5-14H,15-16H2,1-4H3,(H,31,34). The molecule has 1 aromatic heterocycles. The third-order valence-corrected chi connectivity index (χ3v) is 5.98. The molecule has 4 aromatic rings. The topological polar surface area (TPSA) is 91.7 Å². The minimum absolute atomic E-state index is 0.0642. The van der Waals surface area contributed by atoms with Gasteiger partial charge in [0.05, 0.1) is 11.0 Å². The highest BCUT2D eigenvalue weighted by Crippen LogP contribution is 2.32. The van der Waals surface area contributed by atoms with Crippen LogP contribution in [-0.4, -0.2) is 34.2 Å². The molecule has 3 aromatic carbocycles. The summed E-state index contributed by atoms with van der Waals surface area (Å²) in [7, 11) is 1.54. The number of benzene rings is 3. The molecule has 4 rings (SSSR count). The SMILES string of the molecule is CNC(=O)c1ccc(OCc2nc3ccccc3n2C(=O)OC(C)(C)C)c(OCc2ccc(Cl)cc2Cl)c1. The number of nitrogens with one attached hydrogen (secondary N) is 1. The zero-order valence-electron chi connectivity index (χ0n) is 21.4. The first-order valence-corrected chi connectivity index (χ1v) is 12.6. The van der Waals surface area contributed by atoms with E-state index in [4.69, 9.17) is 37.4 Å². The second kappa shape index (κ2) is 11.3. The molecule has 0 aliphatic carbocycles. The Bertz CT molecular complexity index is 1490. The van der Waals surface area contributed by atoms with Crippen LogP contribution in [0.25, 0.3) is 11.0 Å². The monoisotopic (exact) mass is 555 g/mol. The number of hydrogen-bond acceptors (Lipinski definition) is 6. The number of nitrogens with zero attached hydrogens (tertiary/aromatic N) is 2. The predicted molar refractivity (Wildman–Crippen MR) is 146 cm³/mol. The normalized spacial score (nSPS) is 11.3. The number of carbonyl (C=O) groups is 2. The van der Waals surface area contributed by atoms with Crippen molar-refractivity contribution in [3.8, 4) is 11.5 Å². The summed E-state index contributed by atoms with van der Waals surface area (Å²) < 4.78 is 19.1. The largest absolute Gasteiger partial charge is 0.485 e. The lowest BCUT2D eigenvalue weighted by Crippen LogP contribution is -2.28. The van der Waals surface area contributed by atoms with Gasteiger partial charge in [0.2, 0.25) is 0 Å². The number of rotatable bonds is 7. The molecule has 0 unspecified atom stereocenters. The number of fused-ring (bicyclic) bond motifs is 1. The van der Waals surface area contributed by atoms with Crippen molar-refractivity contribution in [2.24, 2.45) is 0 Å². The number of hydrogen-bond donors (Lipinski definition) is 1. The summed E-state index contributed by atoms with van der Waals surface area (Å²) in [5, 5.41) is 3.56. The van der Waals surface area contributed by atoms with Crippen molar-refractivity contribution in [3.05, 3.63) is 87.7 Å². The number of carbonyl (C=O) groups excluding carboxylic acids is 2. The van der Waals surface area contributed by atoms with Gasteiger partial charge in [-0.2, -0.15) is 0 Å². The summed E-state index contributed by atoms with van der Waals surface area (Å²) in [5.74, 6) is 0.739. The quantitative estimate of drug-likeness (QED) is 0.274. The first-order valence-electron chi connectivity index (χ1n) is 11.8. The van der Waals surface area contributed by atoms with Crippen LogP contribution in [0.2, 0.25) is 10.0 Å². The van der Waals surface area contributed by atoms with Gasteiger partial charge >= 0.3 is 6.09 Å². The Morgan fingerprint density at radius 3 is 2.39 bits per heavy atom. The summed E-state index contributed by atoms with van der Waals surface area (Å²) in [4.78, 5) is 29.9. The fourth-order valence-corrected chi connectivity index (χ4v) is 4.11. The van der Waals surface area contributed by atoms with E-state index in [1.165, 1.54) is 4.57 Å². The van der Waals surface area contributed by atoms with Crippen LogP contribution in [0.1, 0.15) is 42.5 Å². The van der Waals surface area contributed by atoms with Crippen molar-refractivity contribution in [2.75, 3.05) is 7.05 Å². The molecular weight excluding hydrogens is 529 g/mol. The molecule has 1 heterocycles. The summed E-state index contributed by atoms with van der Waals surface area (Å²) in [6, 6.07) is 17.2. The highest BCUT2D eigenvalue weighted by Gasteiger charge is 2.24. The molecule has 0 saturated carbocycles. The molecule has 0 saturated heterocycles. The van der Waals surface area contributed by atoms with Crippen LogP contribution >= 0.6 is 23.2 Å². The van der Waals surface area contributed by atoms with E-state index in [-0.39, 0.29) is 19.1 Å². The first-order chi connectivity index (χ1) is 18.1. The van der Waals surface area contributed by atoms with Gasteiger partial charge in [-0.25, -0.2) is 14.3 Å². The van der Waals surface area contributed by atoms with Crippen molar-refractivity contribution < 1.29 is 23.8 Å². The minimum atomic E-state index is -0.694. The van der Waals surface area contributed by atoms with Gasteiger partial charge in [0.15, 0.2) is 17.3 Å². The number of para-hydroxylation sites is 2. The zero-order valence-corrected chi connectivity index (χ0v) is 22.9. The highest BCUT2D eigenvalue weighted by atomic mass is 35.5. The van der Waals surface area contributed by atoms with Gasteiger partial charge in [-0.3, -0.25) is 4.79 Å². The summed E-state index contributed by atoms with van der Waals surface area (Å²) in [6.45, 7) is 5.44. The van der Waals surface area contributed by atoms with E-state index in [0.29, 0.717) is 49.5 Å². The van der Waals surface area contributed by atoms with E-state index >= 15 is 0 Å². The Balaban J connectivity index is 1.64. The molecule has 0 spiro atoms. The molecule has 198 valence electrons. The summed E-state index contributed by atoms with van der Waals surface area (Å²) in [6.07, 6.45) is -0.561. The van der Waals surface area contributed by atoms with Gasteiger partial charge in [0.1, 0.15) is 18.8 Å². The lowest BCUT2D eigenvalue weighted by Gasteiger charge is -2.20. The predicted octanol–water partition coefficient (Wildman–Crippen LogP) is 6.64. The van der Waals surface area contributed by atoms with E-state index in [2.05, 4.69) is 10.3 Å². The molecule has 0 atom stereocenters. The van der Waals surface area contributed by atoms with E-state index in [1.54, 1.807) is 70.3 Å². The van der Waals surface area contributed by atoms with E-state index in [1.807, 2.05) is 18.2 Å². The number of amides is 1. The fourth-order valence-electron chi connectivity index (χ4n) is 3.65. The molecule has 0 fully saturated rings. The van der Waals surface area contributed by atoms with Gasteiger partial charge < -0.3 is 19.5 Å². The maximum absolute atomic E-state index is 13.1. The maximum Gasteiger partial charge on any atom is 0.420 e. The summed E-state index contributed by atoms with van der Waals surface area (Å²) >= 11 is 12.3. The number of aromatic nitrogens is 2. The van der Waals surface area contributed by atoms with Crippen molar-refractivity contribution in [1.82, 2.24) is 14.9 Å². The number of imidazole rings is 1. The number of halogens is 2. The highest BCUT2D eigenvalue weighted by molar-refractivity contribution is 6.35. The number of ether oxygens (including phenoxy) is 3. The van der Waals surface area contributed by atoms with Crippen LogP contribution in [0, 0.1) is 0 Å². The molecule has 1 N–H and O–H groups in total. The van der Waals surface area contributed by atoms with Gasteiger partial charge in [-0.15, -0.1) is 0 Å². The van der Waals surface area contributed by atoms with Crippen LogP contribution in [0.15, 0.2) is 60.7 Å². The molecule has 0 radical (unpaired) electrons. The van der Waals surface area contributed by atoms with Crippen molar-refractivity contribution in [2.45, 2.75) is 39.6 Å². The van der Waals surface area contributed by atoms with Crippen molar-refractivity contribution >= 4 is 46.2 Å². The van der Waals surface area contributed by atoms with Crippen LogP contribution in [0.4, 0.5) is 4.79 Å². The molecular formula is C28H27Cl2N3O5. The van der Waals surface area contributed by atoms with Crippen LogP contribution < -0.4 is 14.8 Å². The van der Waals surface area contributed by atoms with Crippen LogP contribution in [0.3, 0.4) is 0 Å². The first kappa shape index (κ1) is 27.3. The Hall–Kier alpha value is -3.75. The second-order valence-corrected chi connectivity index (χ2v) is 10.2. The molecule has 1 amide bonds. The molecule has 0 aliphatic rings. The lowest BCUT2D eigenvalue weighted by atomic mass is 10.2. The average molecular weight is 556 g/mol. The van der Waals surface area contributed by atoms with E-state index in [0.717, 1.165) is 0 Å². The second-order valence-electron chi connectivity index (χ2n) is 9.39. The fraction of sp³-hybridized carbons (Fsp3) is 0.250. The smallest absolute Gasteiger partial charge is 0.420 e. The molecule has 38 heavy (non-hydrogen) atoms. The van der Waals surface area contributed by atoms with Gasteiger partial charge in [-0.1, -0.05) is 41.4 Å².